The summed E-state index contributed by atoms with van der Waals surface area (Å²) in [6.07, 6.45) is 0.0529. The molecule has 1 amide bonds. The lowest BCUT2D eigenvalue weighted by Crippen LogP contribution is -2.30. The average Bonchev–Trinajstić information content (AvgIpc) is 2.61. The molecule has 1 aromatic heterocycles. The van der Waals surface area contributed by atoms with Crippen LogP contribution in [0, 0.1) is 10.1 Å². The summed E-state index contributed by atoms with van der Waals surface area (Å²) in [6.45, 7) is 0.129. The summed E-state index contributed by atoms with van der Waals surface area (Å²) in [4.78, 5) is 50.3. The molecule has 0 aliphatic rings. The Bertz CT molecular complexity index is 1150. The number of fused-ring (bicyclic) bond motifs is 1. The second-order valence-corrected chi connectivity index (χ2v) is 6.69. The van der Waals surface area contributed by atoms with Gasteiger partial charge in [-0.15, -0.1) is 0 Å². The van der Waals surface area contributed by atoms with E-state index in [4.69, 9.17) is 0 Å². The Hall–Kier alpha value is -3.27. The zero-order valence-electron chi connectivity index (χ0n) is 13.7. The van der Waals surface area contributed by atoms with Crippen LogP contribution in [0.3, 0.4) is 0 Å². The molecule has 3 aromatic rings. The fourth-order valence-electron chi connectivity index (χ4n) is 2.58. The van der Waals surface area contributed by atoms with E-state index in [2.05, 4.69) is 31.2 Å². The molecule has 0 radical (unpaired) electrons. The van der Waals surface area contributed by atoms with Crippen LogP contribution < -0.4 is 16.4 Å². The van der Waals surface area contributed by atoms with Crippen LogP contribution in [0.15, 0.2) is 50.5 Å². The van der Waals surface area contributed by atoms with Crippen LogP contribution in [0.1, 0.15) is 11.1 Å². The Morgan fingerprint density at radius 3 is 2.44 bits per heavy atom. The van der Waals surface area contributed by atoms with E-state index >= 15 is 0 Å². The van der Waals surface area contributed by atoms with Gasteiger partial charge in [-0.1, -0.05) is 28.1 Å². The topological polar surface area (TPSA) is 138 Å². The molecular formula is C17H13BrN4O5. The summed E-state index contributed by atoms with van der Waals surface area (Å²) in [7, 11) is 0. The number of rotatable bonds is 5. The number of non-ortho nitro benzene ring substituents is 1. The first kappa shape index (κ1) is 18.5. The first-order chi connectivity index (χ1) is 12.8. The van der Waals surface area contributed by atoms with Gasteiger partial charge in [0.05, 0.1) is 22.4 Å². The Morgan fingerprint density at radius 1 is 1.11 bits per heavy atom. The van der Waals surface area contributed by atoms with Crippen LogP contribution in [0.5, 0.6) is 0 Å². The number of aromatic amines is 2. The van der Waals surface area contributed by atoms with Crippen LogP contribution >= 0.6 is 15.9 Å². The van der Waals surface area contributed by atoms with Crippen molar-refractivity contribution >= 4 is 38.6 Å². The smallest absolute Gasteiger partial charge is 0.314 e. The molecule has 0 bridgehead atoms. The third-order valence-corrected chi connectivity index (χ3v) is 4.32. The number of H-pyrrole nitrogens is 2. The van der Waals surface area contributed by atoms with Gasteiger partial charge in [0.2, 0.25) is 5.91 Å². The van der Waals surface area contributed by atoms with Gasteiger partial charge in [0.25, 0.3) is 5.69 Å². The molecule has 0 unspecified atom stereocenters. The van der Waals surface area contributed by atoms with E-state index in [-0.39, 0.29) is 24.6 Å². The first-order valence-electron chi connectivity index (χ1n) is 7.78. The Balaban J connectivity index is 1.75. The van der Waals surface area contributed by atoms with Crippen molar-refractivity contribution in [2.24, 2.45) is 0 Å². The third-order valence-electron chi connectivity index (χ3n) is 3.87. The average molecular weight is 433 g/mol. The molecule has 9 nitrogen and oxygen atoms in total. The molecule has 0 saturated carbocycles. The summed E-state index contributed by atoms with van der Waals surface area (Å²) in [5, 5.41) is 13.4. The van der Waals surface area contributed by atoms with Gasteiger partial charge in [-0.25, -0.2) is 0 Å². The maximum atomic E-state index is 12.2. The minimum absolute atomic E-state index is 0.0438. The number of benzene rings is 2. The zero-order chi connectivity index (χ0) is 19.6. The molecule has 0 saturated heterocycles. The molecule has 0 aliphatic carbocycles. The maximum absolute atomic E-state index is 12.2. The highest BCUT2D eigenvalue weighted by molar-refractivity contribution is 9.10. The van der Waals surface area contributed by atoms with E-state index in [1.165, 1.54) is 24.3 Å². The lowest BCUT2D eigenvalue weighted by Gasteiger charge is -2.09. The standard InChI is InChI=1S/C17H13BrN4O5/c18-11-6-10(15-13(7-11)20-16(24)17(25)21-15)8-19-14(23)5-9-1-3-12(4-2-9)22(26)27/h1-4,6-7H,5,8H2,(H,19,23)(H,20,24)(H,21,25). The number of nitro groups is 1. The molecule has 0 atom stereocenters. The molecule has 2 aromatic carbocycles. The summed E-state index contributed by atoms with van der Waals surface area (Å²) in [6, 6.07) is 9.09. The second kappa shape index (κ2) is 7.54. The fourth-order valence-corrected chi connectivity index (χ4v) is 3.08. The normalized spacial score (nSPS) is 10.7. The lowest BCUT2D eigenvalue weighted by atomic mass is 10.1. The third kappa shape index (κ3) is 4.29. The Morgan fingerprint density at radius 2 is 1.78 bits per heavy atom. The molecule has 3 rings (SSSR count). The van der Waals surface area contributed by atoms with Gasteiger partial charge >= 0.3 is 11.1 Å². The van der Waals surface area contributed by atoms with Crippen LogP contribution in [0.4, 0.5) is 5.69 Å². The highest BCUT2D eigenvalue weighted by Crippen LogP contribution is 2.20. The number of carbonyl (C=O) groups excluding carboxylic acids is 1. The largest absolute Gasteiger partial charge is 0.352 e. The van der Waals surface area contributed by atoms with E-state index in [0.717, 1.165) is 0 Å². The molecule has 0 spiro atoms. The predicted octanol–water partition coefficient (Wildman–Crippen LogP) is 1.75. The minimum Gasteiger partial charge on any atom is -0.352 e. The van der Waals surface area contributed by atoms with Gasteiger partial charge in [0.1, 0.15) is 0 Å². The van der Waals surface area contributed by atoms with Crippen molar-refractivity contribution < 1.29 is 9.72 Å². The minimum atomic E-state index is -0.775. The van der Waals surface area contributed by atoms with Crippen LogP contribution in [-0.4, -0.2) is 20.8 Å². The molecule has 27 heavy (non-hydrogen) atoms. The molecule has 3 N–H and O–H groups in total. The number of hydrogen-bond donors (Lipinski definition) is 3. The highest BCUT2D eigenvalue weighted by atomic mass is 79.9. The summed E-state index contributed by atoms with van der Waals surface area (Å²) < 4.78 is 0.678. The molecule has 0 aliphatic heterocycles. The summed E-state index contributed by atoms with van der Waals surface area (Å²) in [5.41, 5.74) is 0.543. The van der Waals surface area contributed by atoms with Gasteiger partial charge in [-0.05, 0) is 23.3 Å². The fraction of sp³-hybridized carbons (Fsp3) is 0.118. The van der Waals surface area contributed by atoms with E-state index < -0.39 is 16.0 Å². The van der Waals surface area contributed by atoms with Crippen molar-refractivity contribution in [2.45, 2.75) is 13.0 Å². The number of halogens is 1. The summed E-state index contributed by atoms with van der Waals surface area (Å²) >= 11 is 3.32. The van der Waals surface area contributed by atoms with E-state index in [1.54, 1.807) is 12.1 Å². The number of hydrogen-bond acceptors (Lipinski definition) is 5. The Kier molecular flexibility index (Phi) is 5.17. The maximum Gasteiger partial charge on any atom is 0.314 e. The highest BCUT2D eigenvalue weighted by Gasteiger charge is 2.10. The first-order valence-corrected chi connectivity index (χ1v) is 8.57. The number of nitrogens with zero attached hydrogens (tertiary/aromatic N) is 1. The van der Waals surface area contributed by atoms with Crippen LogP contribution in [-0.2, 0) is 17.8 Å². The van der Waals surface area contributed by atoms with Gasteiger partial charge in [-0.2, -0.15) is 0 Å². The SMILES string of the molecule is O=C(Cc1ccc([N+](=O)[O-])cc1)NCc1cc(Br)cc2[nH]c(=O)c(=O)[nH]c12. The van der Waals surface area contributed by atoms with Crippen molar-refractivity contribution in [1.29, 1.82) is 0 Å². The van der Waals surface area contributed by atoms with E-state index in [0.29, 0.717) is 26.6 Å². The monoisotopic (exact) mass is 432 g/mol. The number of aromatic nitrogens is 2. The second-order valence-electron chi connectivity index (χ2n) is 5.77. The molecular weight excluding hydrogens is 420 g/mol. The van der Waals surface area contributed by atoms with Crippen molar-refractivity contribution in [2.75, 3.05) is 0 Å². The Labute approximate surface area is 159 Å². The predicted molar refractivity (Wildman–Crippen MR) is 102 cm³/mol. The molecule has 138 valence electrons. The van der Waals surface area contributed by atoms with Crippen molar-refractivity contribution in [1.82, 2.24) is 15.3 Å². The van der Waals surface area contributed by atoms with Gasteiger partial charge < -0.3 is 15.3 Å². The quantitative estimate of drug-likeness (QED) is 0.320. The van der Waals surface area contributed by atoms with Crippen molar-refractivity contribution in [3.63, 3.8) is 0 Å². The van der Waals surface area contributed by atoms with E-state index in [1.807, 2.05) is 0 Å². The van der Waals surface area contributed by atoms with E-state index in [9.17, 15) is 24.5 Å². The van der Waals surface area contributed by atoms with Crippen LogP contribution in [0.25, 0.3) is 11.0 Å². The summed E-state index contributed by atoms with van der Waals surface area (Å²) in [5.74, 6) is -0.288. The van der Waals surface area contributed by atoms with Crippen LogP contribution in [0.2, 0.25) is 0 Å². The molecule has 10 heteroatoms. The lowest BCUT2D eigenvalue weighted by molar-refractivity contribution is -0.384. The number of nitro benzene ring substituents is 1. The van der Waals surface area contributed by atoms with Gasteiger partial charge in [0, 0.05) is 23.2 Å². The number of nitrogens with one attached hydrogen (secondary N) is 3. The molecule has 1 heterocycles. The molecule has 0 fully saturated rings. The number of amides is 1. The van der Waals surface area contributed by atoms with Gasteiger partial charge in [0.15, 0.2) is 0 Å². The van der Waals surface area contributed by atoms with Gasteiger partial charge in [-0.3, -0.25) is 24.5 Å². The van der Waals surface area contributed by atoms with Crippen molar-refractivity contribution in [3.8, 4) is 0 Å². The zero-order valence-corrected chi connectivity index (χ0v) is 15.3. The number of carbonyl (C=O) groups is 1. The van der Waals surface area contributed by atoms with Crippen molar-refractivity contribution in [3.05, 3.63) is 82.8 Å².